The van der Waals surface area contributed by atoms with Crippen LogP contribution in [-0.2, 0) is 16.0 Å². The predicted octanol–water partition coefficient (Wildman–Crippen LogP) is 2.09. The number of hydrogen-bond acceptors (Lipinski definition) is 4. The Balaban J connectivity index is 1.99. The summed E-state index contributed by atoms with van der Waals surface area (Å²) in [5, 5.41) is 14.2. The standard InChI is InChI=1S/C19H25N3O3/c1-25-16-8-4-3-7-15(16)9-10-17(23)22-19(11-5-2-6-12-19)18(24)21-14-13-20/h3-4,7-8H,2,5-6,9-12,14H2,1H3,(H,21,24)(H,22,23). The van der Waals surface area contributed by atoms with Gasteiger partial charge in [-0.15, -0.1) is 0 Å². The molecule has 0 radical (unpaired) electrons. The third kappa shape index (κ3) is 4.96. The van der Waals surface area contributed by atoms with Crippen molar-refractivity contribution in [3.63, 3.8) is 0 Å². The summed E-state index contributed by atoms with van der Waals surface area (Å²) in [6.45, 7) is -0.0440. The number of para-hydroxylation sites is 1. The van der Waals surface area contributed by atoms with Crippen LogP contribution in [0.15, 0.2) is 24.3 Å². The fourth-order valence-electron chi connectivity index (χ4n) is 3.34. The van der Waals surface area contributed by atoms with Crippen molar-refractivity contribution in [2.75, 3.05) is 13.7 Å². The minimum absolute atomic E-state index is 0.0440. The zero-order valence-electron chi connectivity index (χ0n) is 14.6. The zero-order valence-corrected chi connectivity index (χ0v) is 14.6. The van der Waals surface area contributed by atoms with Crippen LogP contribution in [0.25, 0.3) is 0 Å². The molecule has 1 saturated carbocycles. The molecule has 1 aromatic carbocycles. The fraction of sp³-hybridized carbons (Fsp3) is 0.526. The second kappa shape index (κ2) is 9.07. The molecule has 2 amide bonds. The number of carbonyl (C=O) groups is 2. The first kappa shape index (κ1) is 18.8. The van der Waals surface area contributed by atoms with Gasteiger partial charge in [-0.05, 0) is 30.9 Å². The molecule has 0 bridgehead atoms. The van der Waals surface area contributed by atoms with E-state index in [2.05, 4.69) is 10.6 Å². The average Bonchev–Trinajstić information content (AvgIpc) is 2.65. The van der Waals surface area contributed by atoms with E-state index in [-0.39, 0.29) is 24.8 Å². The molecule has 25 heavy (non-hydrogen) atoms. The van der Waals surface area contributed by atoms with E-state index in [1.807, 2.05) is 30.3 Å². The maximum atomic E-state index is 12.5. The normalized spacial score (nSPS) is 15.7. The second-order valence-corrected chi connectivity index (χ2v) is 6.34. The molecule has 1 aliphatic carbocycles. The van der Waals surface area contributed by atoms with E-state index in [1.165, 1.54) is 0 Å². The van der Waals surface area contributed by atoms with Gasteiger partial charge in [0.15, 0.2) is 0 Å². The average molecular weight is 343 g/mol. The summed E-state index contributed by atoms with van der Waals surface area (Å²) in [7, 11) is 1.61. The highest BCUT2D eigenvalue weighted by molar-refractivity contribution is 5.91. The minimum atomic E-state index is -0.882. The molecule has 134 valence electrons. The highest BCUT2D eigenvalue weighted by atomic mass is 16.5. The van der Waals surface area contributed by atoms with Gasteiger partial charge in [0.2, 0.25) is 11.8 Å². The summed E-state index contributed by atoms with van der Waals surface area (Å²) in [6.07, 6.45) is 4.92. The van der Waals surface area contributed by atoms with E-state index in [9.17, 15) is 9.59 Å². The molecule has 0 heterocycles. The summed E-state index contributed by atoms with van der Waals surface area (Å²) in [5.74, 6) is 0.355. The Morgan fingerprint density at radius 3 is 2.64 bits per heavy atom. The zero-order chi connectivity index (χ0) is 18.1. The van der Waals surface area contributed by atoms with Crippen molar-refractivity contribution in [2.24, 2.45) is 0 Å². The monoisotopic (exact) mass is 343 g/mol. The molecular weight excluding hydrogens is 318 g/mol. The lowest BCUT2D eigenvalue weighted by Gasteiger charge is -2.36. The first-order valence-electron chi connectivity index (χ1n) is 8.69. The van der Waals surface area contributed by atoms with Crippen LogP contribution in [0.4, 0.5) is 0 Å². The number of hydrogen-bond donors (Lipinski definition) is 2. The molecule has 6 nitrogen and oxygen atoms in total. The molecule has 6 heteroatoms. The van der Waals surface area contributed by atoms with E-state index < -0.39 is 5.54 Å². The molecule has 1 aliphatic rings. The lowest BCUT2D eigenvalue weighted by Crippen LogP contribution is -2.59. The third-order valence-corrected chi connectivity index (χ3v) is 4.66. The third-order valence-electron chi connectivity index (χ3n) is 4.66. The van der Waals surface area contributed by atoms with Crippen LogP contribution in [0.2, 0.25) is 0 Å². The summed E-state index contributed by atoms with van der Waals surface area (Å²) in [4.78, 5) is 25.0. The topological polar surface area (TPSA) is 91.2 Å². The Hall–Kier alpha value is -2.55. The number of nitrogens with one attached hydrogen (secondary N) is 2. The molecule has 0 atom stereocenters. The molecular formula is C19H25N3O3. The van der Waals surface area contributed by atoms with Gasteiger partial charge in [0.25, 0.3) is 0 Å². The maximum Gasteiger partial charge on any atom is 0.246 e. The summed E-state index contributed by atoms with van der Waals surface area (Å²) >= 11 is 0. The largest absolute Gasteiger partial charge is 0.496 e. The van der Waals surface area contributed by atoms with E-state index >= 15 is 0 Å². The molecule has 0 aliphatic heterocycles. The summed E-state index contributed by atoms with van der Waals surface area (Å²) in [6, 6.07) is 9.51. The second-order valence-electron chi connectivity index (χ2n) is 6.34. The summed E-state index contributed by atoms with van der Waals surface area (Å²) in [5.41, 5.74) is 0.0826. The van der Waals surface area contributed by atoms with Gasteiger partial charge in [-0.25, -0.2) is 0 Å². The van der Waals surface area contributed by atoms with Gasteiger partial charge < -0.3 is 15.4 Å². The van der Waals surface area contributed by atoms with E-state index in [0.29, 0.717) is 19.3 Å². The molecule has 2 N–H and O–H groups in total. The summed E-state index contributed by atoms with van der Waals surface area (Å²) < 4.78 is 5.30. The van der Waals surface area contributed by atoms with E-state index in [4.69, 9.17) is 10.00 Å². The molecule has 0 saturated heterocycles. The SMILES string of the molecule is COc1ccccc1CCC(=O)NC1(C(=O)NCC#N)CCCCC1. The van der Waals surface area contributed by atoms with Crippen molar-refractivity contribution in [3.05, 3.63) is 29.8 Å². The van der Waals surface area contributed by atoms with Crippen molar-refractivity contribution in [1.82, 2.24) is 10.6 Å². The molecule has 0 aromatic heterocycles. The van der Waals surface area contributed by atoms with Crippen LogP contribution in [0.1, 0.15) is 44.1 Å². The number of carbonyl (C=O) groups excluding carboxylic acids is 2. The molecule has 0 unspecified atom stereocenters. The van der Waals surface area contributed by atoms with Crippen molar-refractivity contribution in [3.8, 4) is 11.8 Å². The number of rotatable bonds is 7. The first-order valence-corrected chi connectivity index (χ1v) is 8.69. The number of methoxy groups -OCH3 is 1. The highest BCUT2D eigenvalue weighted by Gasteiger charge is 2.40. The van der Waals surface area contributed by atoms with Gasteiger partial charge in [0.05, 0.1) is 13.2 Å². The smallest absolute Gasteiger partial charge is 0.246 e. The Kier molecular flexibility index (Phi) is 6.81. The van der Waals surface area contributed by atoms with E-state index in [1.54, 1.807) is 7.11 Å². The first-order chi connectivity index (χ1) is 12.1. The van der Waals surface area contributed by atoms with Crippen molar-refractivity contribution in [1.29, 1.82) is 5.26 Å². The van der Waals surface area contributed by atoms with Gasteiger partial charge in [0.1, 0.15) is 17.8 Å². The molecule has 0 spiro atoms. The van der Waals surface area contributed by atoms with Crippen LogP contribution in [0.5, 0.6) is 5.75 Å². The van der Waals surface area contributed by atoms with Gasteiger partial charge in [-0.3, -0.25) is 9.59 Å². The lowest BCUT2D eigenvalue weighted by molar-refractivity contribution is -0.134. The lowest BCUT2D eigenvalue weighted by atomic mass is 9.80. The number of nitrogens with zero attached hydrogens (tertiary/aromatic N) is 1. The Morgan fingerprint density at radius 2 is 1.96 bits per heavy atom. The van der Waals surface area contributed by atoms with Gasteiger partial charge in [-0.2, -0.15) is 5.26 Å². The van der Waals surface area contributed by atoms with Crippen molar-refractivity contribution >= 4 is 11.8 Å². The number of ether oxygens (including phenoxy) is 1. The van der Waals surface area contributed by atoms with Crippen LogP contribution in [0, 0.1) is 11.3 Å². The fourth-order valence-corrected chi connectivity index (χ4v) is 3.34. The van der Waals surface area contributed by atoms with Crippen molar-refractivity contribution < 1.29 is 14.3 Å². The Labute approximate surface area is 148 Å². The Morgan fingerprint density at radius 1 is 1.24 bits per heavy atom. The number of aryl methyl sites for hydroxylation is 1. The molecule has 1 fully saturated rings. The molecule has 2 rings (SSSR count). The van der Waals surface area contributed by atoms with Gasteiger partial charge in [0, 0.05) is 6.42 Å². The minimum Gasteiger partial charge on any atom is -0.496 e. The van der Waals surface area contributed by atoms with E-state index in [0.717, 1.165) is 30.6 Å². The van der Waals surface area contributed by atoms with Gasteiger partial charge >= 0.3 is 0 Å². The number of amides is 2. The maximum absolute atomic E-state index is 12.5. The van der Waals surface area contributed by atoms with Crippen LogP contribution < -0.4 is 15.4 Å². The van der Waals surface area contributed by atoms with Crippen LogP contribution in [-0.4, -0.2) is 31.0 Å². The van der Waals surface area contributed by atoms with Crippen molar-refractivity contribution in [2.45, 2.75) is 50.5 Å². The number of benzene rings is 1. The number of nitriles is 1. The van der Waals surface area contributed by atoms with Gasteiger partial charge in [-0.1, -0.05) is 37.5 Å². The highest BCUT2D eigenvalue weighted by Crippen LogP contribution is 2.29. The quantitative estimate of drug-likeness (QED) is 0.742. The Bertz CT molecular complexity index is 646. The molecule has 1 aromatic rings. The van der Waals surface area contributed by atoms with Crippen LogP contribution in [0.3, 0.4) is 0 Å². The van der Waals surface area contributed by atoms with Crippen LogP contribution >= 0.6 is 0 Å². The predicted molar refractivity (Wildman–Crippen MR) is 93.9 cm³/mol.